The van der Waals surface area contributed by atoms with Crippen LogP contribution in [0, 0.1) is 6.92 Å². The first-order chi connectivity index (χ1) is 10.9. The lowest BCUT2D eigenvalue weighted by atomic mass is 10.1. The van der Waals surface area contributed by atoms with Crippen LogP contribution in [0.4, 0.5) is 0 Å². The van der Waals surface area contributed by atoms with Gasteiger partial charge in [0.15, 0.2) is 0 Å². The summed E-state index contributed by atoms with van der Waals surface area (Å²) in [6, 6.07) is 6.86. The first kappa shape index (κ1) is 22.8. The fourth-order valence-electron chi connectivity index (χ4n) is 2.08. The number of halogens is 1. The maximum Gasteiger partial charge on any atom is 0.251 e. The summed E-state index contributed by atoms with van der Waals surface area (Å²) in [6.45, 7) is 4.35. The smallest absolute Gasteiger partial charge is 0.251 e. The molecule has 0 fully saturated rings. The lowest BCUT2D eigenvalue weighted by Gasteiger charge is -2.18. The standard InChI is InChI=1S/C17H27N3O2S.ClH/c1-12-5-4-6-14(11-12)16(21)20-15(8-10-23-3)17(22)19-9-7-13(2)18;/h4-6,11,13,15H,7-10,18H2,1-3H3,(H,19,22)(H,20,21);1H. The number of rotatable bonds is 9. The van der Waals surface area contributed by atoms with E-state index in [4.69, 9.17) is 5.73 Å². The van der Waals surface area contributed by atoms with Gasteiger partial charge in [-0.2, -0.15) is 11.8 Å². The SMILES string of the molecule is CSCCC(NC(=O)c1cccc(C)c1)C(=O)NCCC(C)N.Cl. The van der Waals surface area contributed by atoms with Gasteiger partial charge in [-0.05, 0) is 50.8 Å². The van der Waals surface area contributed by atoms with E-state index in [1.807, 2.05) is 38.3 Å². The number of amides is 2. The van der Waals surface area contributed by atoms with Crippen molar-refractivity contribution in [3.05, 3.63) is 35.4 Å². The Bertz CT molecular complexity index is 526. The molecule has 0 radical (unpaired) electrons. The zero-order valence-electron chi connectivity index (χ0n) is 14.5. The monoisotopic (exact) mass is 373 g/mol. The molecule has 1 aromatic rings. The highest BCUT2D eigenvalue weighted by atomic mass is 35.5. The van der Waals surface area contributed by atoms with E-state index in [0.717, 1.165) is 11.3 Å². The van der Waals surface area contributed by atoms with Crippen LogP contribution in [0.15, 0.2) is 24.3 Å². The average molecular weight is 374 g/mol. The van der Waals surface area contributed by atoms with Gasteiger partial charge in [-0.3, -0.25) is 9.59 Å². The van der Waals surface area contributed by atoms with Gasteiger partial charge in [0, 0.05) is 18.2 Å². The van der Waals surface area contributed by atoms with Gasteiger partial charge in [0.1, 0.15) is 6.04 Å². The summed E-state index contributed by atoms with van der Waals surface area (Å²) in [4.78, 5) is 24.6. The second-order valence-corrected chi connectivity index (χ2v) is 6.72. The van der Waals surface area contributed by atoms with Gasteiger partial charge in [0.25, 0.3) is 5.91 Å². The maximum absolute atomic E-state index is 12.3. The molecule has 1 aromatic carbocycles. The third-order valence-corrected chi connectivity index (χ3v) is 4.06. The molecule has 4 N–H and O–H groups in total. The highest BCUT2D eigenvalue weighted by Crippen LogP contribution is 2.06. The number of hydrogen-bond acceptors (Lipinski definition) is 4. The predicted octanol–water partition coefficient (Wildman–Crippen LogP) is 2.12. The first-order valence-corrected chi connectivity index (χ1v) is 9.23. The normalized spacial score (nSPS) is 12.7. The summed E-state index contributed by atoms with van der Waals surface area (Å²) in [7, 11) is 0. The van der Waals surface area contributed by atoms with Gasteiger partial charge in [0.2, 0.25) is 5.91 Å². The van der Waals surface area contributed by atoms with Crippen LogP contribution in [0.3, 0.4) is 0 Å². The van der Waals surface area contributed by atoms with Crippen molar-refractivity contribution in [2.45, 2.75) is 38.8 Å². The molecule has 0 aliphatic carbocycles. The molecule has 136 valence electrons. The molecule has 1 rings (SSSR count). The van der Waals surface area contributed by atoms with Crippen molar-refractivity contribution >= 4 is 36.0 Å². The van der Waals surface area contributed by atoms with Crippen LogP contribution in [0.5, 0.6) is 0 Å². The van der Waals surface area contributed by atoms with Gasteiger partial charge >= 0.3 is 0 Å². The van der Waals surface area contributed by atoms with Crippen LogP contribution in [0.1, 0.15) is 35.7 Å². The zero-order valence-corrected chi connectivity index (χ0v) is 16.1. The van der Waals surface area contributed by atoms with Crippen molar-refractivity contribution in [3.8, 4) is 0 Å². The molecule has 0 saturated heterocycles. The van der Waals surface area contributed by atoms with Gasteiger partial charge < -0.3 is 16.4 Å². The summed E-state index contributed by atoms with van der Waals surface area (Å²) >= 11 is 1.65. The third kappa shape index (κ3) is 8.57. The summed E-state index contributed by atoms with van der Waals surface area (Å²) in [5, 5.41) is 5.69. The number of benzene rings is 1. The highest BCUT2D eigenvalue weighted by Gasteiger charge is 2.20. The van der Waals surface area contributed by atoms with Crippen molar-refractivity contribution in [1.82, 2.24) is 10.6 Å². The van der Waals surface area contributed by atoms with E-state index >= 15 is 0 Å². The molecule has 2 unspecified atom stereocenters. The Labute approximate surface area is 154 Å². The quantitative estimate of drug-likeness (QED) is 0.619. The van der Waals surface area contributed by atoms with Crippen molar-refractivity contribution in [1.29, 1.82) is 0 Å². The Morgan fingerprint density at radius 3 is 2.58 bits per heavy atom. The number of nitrogens with two attached hydrogens (primary N) is 1. The van der Waals surface area contributed by atoms with E-state index in [9.17, 15) is 9.59 Å². The molecule has 0 spiro atoms. The topological polar surface area (TPSA) is 84.2 Å². The third-order valence-electron chi connectivity index (χ3n) is 3.41. The van der Waals surface area contributed by atoms with Crippen LogP contribution >= 0.6 is 24.2 Å². The minimum absolute atomic E-state index is 0. The lowest BCUT2D eigenvalue weighted by molar-refractivity contribution is -0.123. The van der Waals surface area contributed by atoms with E-state index in [1.165, 1.54) is 0 Å². The van der Waals surface area contributed by atoms with Crippen molar-refractivity contribution < 1.29 is 9.59 Å². The maximum atomic E-state index is 12.3. The van der Waals surface area contributed by atoms with Crippen LogP contribution in [-0.4, -0.2) is 42.5 Å². The molecular formula is C17H28ClN3O2S. The molecule has 0 aliphatic heterocycles. The summed E-state index contributed by atoms with van der Waals surface area (Å²) < 4.78 is 0. The van der Waals surface area contributed by atoms with Gasteiger partial charge in [0.05, 0.1) is 0 Å². The first-order valence-electron chi connectivity index (χ1n) is 7.83. The minimum atomic E-state index is -0.524. The average Bonchev–Trinajstić information content (AvgIpc) is 2.50. The number of aryl methyl sites for hydroxylation is 1. The van der Waals surface area contributed by atoms with E-state index in [2.05, 4.69) is 10.6 Å². The highest BCUT2D eigenvalue weighted by molar-refractivity contribution is 7.98. The number of carbonyl (C=O) groups is 2. The van der Waals surface area contributed by atoms with Crippen molar-refractivity contribution in [3.63, 3.8) is 0 Å². The fraction of sp³-hybridized carbons (Fsp3) is 0.529. The zero-order chi connectivity index (χ0) is 17.2. The van der Waals surface area contributed by atoms with Crippen molar-refractivity contribution in [2.75, 3.05) is 18.6 Å². The minimum Gasteiger partial charge on any atom is -0.354 e. The number of hydrogen-bond donors (Lipinski definition) is 3. The summed E-state index contributed by atoms with van der Waals surface area (Å²) in [6.07, 6.45) is 3.29. The fourth-order valence-corrected chi connectivity index (χ4v) is 2.55. The predicted molar refractivity (Wildman–Crippen MR) is 104 cm³/mol. The van der Waals surface area contributed by atoms with E-state index in [-0.39, 0.29) is 30.3 Å². The molecule has 5 nitrogen and oxygen atoms in total. The molecule has 0 aromatic heterocycles. The molecule has 2 atom stereocenters. The Balaban J connectivity index is 0.00000529. The Morgan fingerprint density at radius 1 is 1.29 bits per heavy atom. The molecule has 2 amide bonds. The van der Waals surface area contributed by atoms with Crippen LogP contribution in [-0.2, 0) is 4.79 Å². The molecule has 0 heterocycles. The van der Waals surface area contributed by atoms with Crippen LogP contribution in [0.2, 0.25) is 0 Å². The second kappa shape index (κ2) is 12.2. The largest absolute Gasteiger partial charge is 0.354 e. The molecule has 0 saturated carbocycles. The van der Waals surface area contributed by atoms with Gasteiger partial charge in [-0.25, -0.2) is 0 Å². The Morgan fingerprint density at radius 2 is 2.00 bits per heavy atom. The number of carbonyl (C=O) groups excluding carboxylic acids is 2. The van der Waals surface area contributed by atoms with Gasteiger partial charge in [-0.15, -0.1) is 12.4 Å². The van der Waals surface area contributed by atoms with Crippen LogP contribution < -0.4 is 16.4 Å². The Hall–Kier alpha value is -1.24. The summed E-state index contributed by atoms with van der Waals surface area (Å²) in [5.74, 6) is 0.433. The van der Waals surface area contributed by atoms with E-state index < -0.39 is 6.04 Å². The molecule has 7 heteroatoms. The second-order valence-electron chi connectivity index (χ2n) is 5.73. The molecule has 24 heavy (non-hydrogen) atoms. The molecular weight excluding hydrogens is 346 g/mol. The number of thioether (sulfide) groups is 1. The van der Waals surface area contributed by atoms with E-state index in [1.54, 1.807) is 17.8 Å². The van der Waals surface area contributed by atoms with E-state index in [0.29, 0.717) is 24.9 Å². The van der Waals surface area contributed by atoms with Crippen LogP contribution in [0.25, 0.3) is 0 Å². The van der Waals surface area contributed by atoms with Gasteiger partial charge in [-0.1, -0.05) is 17.7 Å². The lowest BCUT2D eigenvalue weighted by Crippen LogP contribution is -2.47. The molecule has 0 bridgehead atoms. The summed E-state index contributed by atoms with van der Waals surface area (Å²) in [5.41, 5.74) is 7.27. The molecule has 0 aliphatic rings. The Kier molecular flexibility index (Phi) is 11.5. The van der Waals surface area contributed by atoms with Crippen molar-refractivity contribution in [2.24, 2.45) is 5.73 Å². The number of nitrogens with one attached hydrogen (secondary N) is 2.